The Morgan fingerprint density at radius 2 is 1.58 bits per heavy atom. The van der Waals surface area contributed by atoms with Crippen LogP contribution in [0.15, 0.2) is 78.4 Å². The minimum Gasteiger partial charge on any atom is -0.466 e. The summed E-state index contributed by atoms with van der Waals surface area (Å²) < 4.78 is 33.0. The number of halogens is 2. The van der Waals surface area contributed by atoms with E-state index >= 15 is 0 Å². The summed E-state index contributed by atoms with van der Waals surface area (Å²) >= 11 is 0. The van der Waals surface area contributed by atoms with Crippen LogP contribution in [0.1, 0.15) is 84.3 Å². The van der Waals surface area contributed by atoms with Gasteiger partial charge in [-0.2, -0.15) is 0 Å². The van der Waals surface area contributed by atoms with Crippen molar-refractivity contribution in [2.24, 2.45) is 0 Å². The summed E-state index contributed by atoms with van der Waals surface area (Å²) in [5.41, 5.74) is 3.18. The zero-order valence-electron chi connectivity index (χ0n) is 22.8. The van der Waals surface area contributed by atoms with Crippen LogP contribution in [-0.2, 0) is 4.74 Å². The van der Waals surface area contributed by atoms with E-state index in [4.69, 9.17) is 4.74 Å². The second-order valence-electron chi connectivity index (χ2n) is 8.08. The van der Waals surface area contributed by atoms with E-state index in [9.17, 15) is 13.6 Å². The van der Waals surface area contributed by atoms with Gasteiger partial charge in [0, 0.05) is 0 Å². The number of benzene rings is 1. The van der Waals surface area contributed by atoms with Crippen molar-refractivity contribution in [3.05, 3.63) is 101 Å². The molecule has 1 aromatic carbocycles. The molecule has 0 aliphatic carbocycles. The monoisotopic (exact) mass is 498 g/mol. The number of amides is 1. The molecule has 1 N–H and O–H groups in total. The van der Waals surface area contributed by atoms with E-state index in [1.54, 1.807) is 12.1 Å². The largest absolute Gasteiger partial charge is 0.466 e. The van der Waals surface area contributed by atoms with Crippen molar-refractivity contribution >= 4 is 17.2 Å². The van der Waals surface area contributed by atoms with Crippen molar-refractivity contribution in [2.75, 3.05) is 5.32 Å². The fourth-order valence-electron chi connectivity index (χ4n) is 2.78. The number of carbonyl (C=O) groups excluding carboxylic acids is 1. The van der Waals surface area contributed by atoms with Crippen LogP contribution in [0.25, 0.3) is 5.57 Å². The molecule has 0 aliphatic rings. The molecule has 6 heteroatoms. The van der Waals surface area contributed by atoms with Gasteiger partial charge in [0.1, 0.15) is 23.0 Å². The van der Waals surface area contributed by atoms with Gasteiger partial charge in [0.05, 0.1) is 23.8 Å². The average molecular weight is 499 g/mol. The number of hydrogen-bond donors (Lipinski definition) is 1. The van der Waals surface area contributed by atoms with Crippen molar-refractivity contribution < 1.29 is 18.3 Å². The second kappa shape index (κ2) is 17.8. The number of hydrogen-bond acceptors (Lipinski definition) is 3. The molecule has 1 heterocycles. The van der Waals surface area contributed by atoms with Gasteiger partial charge in [0.25, 0.3) is 5.91 Å². The van der Waals surface area contributed by atoms with Crippen LogP contribution in [-0.4, -0.2) is 10.9 Å². The van der Waals surface area contributed by atoms with Gasteiger partial charge in [-0.15, -0.1) is 0 Å². The predicted molar refractivity (Wildman–Crippen MR) is 148 cm³/mol. The zero-order valence-corrected chi connectivity index (χ0v) is 22.8. The number of ether oxygens (including phenoxy) is 1. The van der Waals surface area contributed by atoms with Crippen molar-refractivity contribution in [1.29, 1.82) is 0 Å². The summed E-state index contributed by atoms with van der Waals surface area (Å²) in [5, 5.41) is 2.47. The lowest BCUT2D eigenvalue weighted by Crippen LogP contribution is -2.16. The smallest absolute Gasteiger partial charge is 0.261 e. The van der Waals surface area contributed by atoms with Crippen LogP contribution in [0, 0.1) is 11.6 Å². The highest BCUT2D eigenvalue weighted by Gasteiger charge is 2.17. The third-order valence-electron chi connectivity index (χ3n) is 4.25. The topological polar surface area (TPSA) is 51.2 Å². The normalized spacial score (nSPS) is 10.7. The van der Waals surface area contributed by atoms with Gasteiger partial charge in [0.15, 0.2) is 0 Å². The van der Waals surface area contributed by atoms with Gasteiger partial charge in [-0.1, -0.05) is 58.8 Å². The lowest BCUT2D eigenvalue weighted by molar-refractivity contribution is 0.101. The molecule has 0 fully saturated rings. The minimum atomic E-state index is -0.925. The van der Waals surface area contributed by atoms with Crippen LogP contribution in [0.2, 0.25) is 0 Å². The maximum Gasteiger partial charge on any atom is 0.261 e. The molecule has 0 saturated carbocycles. The molecule has 0 saturated heterocycles. The van der Waals surface area contributed by atoms with Crippen LogP contribution in [0.4, 0.5) is 14.5 Å². The van der Waals surface area contributed by atoms with E-state index in [0.717, 1.165) is 28.9 Å². The van der Waals surface area contributed by atoms with Gasteiger partial charge >= 0.3 is 0 Å². The van der Waals surface area contributed by atoms with Gasteiger partial charge in [-0.25, -0.2) is 8.78 Å². The van der Waals surface area contributed by atoms with E-state index in [1.807, 2.05) is 39.8 Å². The van der Waals surface area contributed by atoms with E-state index in [-0.39, 0.29) is 0 Å². The first-order chi connectivity index (χ1) is 17.1. The molecule has 0 atom stereocenters. The predicted octanol–water partition coefficient (Wildman–Crippen LogP) is 9.25. The summed E-state index contributed by atoms with van der Waals surface area (Å²) in [5.74, 6) is -2.05. The molecular weight excluding hydrogens is 458 g/mol. The van der Waals surface area contributed by atoms with E-state index < -0.39 is 23.1 Å². The highest BCUT2D eigenvalue weighted by atomic mass is 19.1. The molecule has 196 valence electrons. The van der Waals surface area contributed by atoms with Gasteiger partial charge in [-0.3, -0.25) is 9.78 Å². The standard InChI is InChI=1S/C24H24F2N2O2.2C3H8/c1-6-22(30-7-2)16(5)13-18(15(3)4)21-12-11-17(14-27-21)28-24(29)23-19(25)9-8-10-20(23)26;2*1-3-2/h6-14H,2H2,1,3-5H3,(H,28,29);2*3H2,1-2H3/b16-13+,22-6-;;. The minimum absolute atomic E-state index is 0.323. The maximum absolute atomic E-state index is 13.8. The number of pyridine rings is 1. The Balaban J connectivity index is 0.00000185. The van der Waals surface area contributed by atoms with Crippen molar-refractivity contribution in [1.82, 2.24) is 4.98 Å². The Bertz CT molecular complexity index is 1040. The number of nitrogens with zero attached hydrogens (tertiary/aromatic N) is 1. The molecule has 1 amide bonds. The number of nitrogens with one attached hydrogen (secondary N) is 1. The zero-order chi connectivity index (χ0) is 27.7. The fraction of sp³-hybridized carbons (Fsp3) is 0.333. The summed E-state index contributed by atoms with van der Waals surface area (Å²) in [6, 6.07) is 6.62. The van der Waals surface area contributed by atoms with Crippen LogP contribution < -0.4 is 5.32 Å². The van der Waals surface area contributed by atoms with E-state index in [1.165, 1.54) is 31.4 Å². The molecule has 36 heavy (non-hydrogen) atoms. The summed E-state index contributed by atoms with van der Waals surface area (Å²) in [7, 11) is 0. The fourth-order valence-corrected chi connectivity index (χ4v) is 2.78. The SMILES string of the molecule is C=COC(=C\C)/C(C)=C/C(=C(C)C)c1ccc(NC(=O)c2c(F)cccc2F)cn1.CCC.CCC. The van der Waals surface area contributed by atoms with Gasteiger partial charge < -0.3 is 10.1 Å². The van der Waals surface area contributed by atoms with Gasteiger partial charge in [0.2, 0.25) is 0 Å². The molecule has 0 bridgehead atoms. The summed E-state index contributed by atoms with van der Waals surface area (Å²) in [6.45, 7) is 19.8. The van der Waals surface area contributed by atoms with E-state index in [0.29, 0.717) is 17.1 Å². The Hall–Kier alpha value is -3.54. The molecule has 4 nitrogen and oxygen atoms in total. The molecule has 2 aromatic rings. The van der Waals surface area contributed by atoms with Crippen LogP contribution in [0.3, 0.4) is 0 Å². The highest BCUT2D eigenvalue weighted by molar-refractivity contribution is 6.04. The first-order valence-corrected chi connectivity index (χ1v) is 12.1. The lowest BCUT2D eigenvalue weighted by atomic mass is 10.0. The number of allylic oxidation sites excluding steroid dienone is 5. The molecule has 2 rings (SSSR count). The Kier molecular flexibility index (Phi) is 16.1. The third-order valence-corrected chi connectivity index (χ3v) is 4.25. The molecule has 1 aromatic heterocycles. The third kappa shape index (κ3) is 10.8. The van der Waals surface area contributed by atoms with Crippen molar-refractivity contribution in [2.45, 2.75) is 68.2 Å². The maximum atomic E-state index is 13.8. The number of aromatic nitrogens is 1. The molecule has 0 unspecified atom stereocenters. The highest BCUT2D eigenvalue weighted by Crippen LogP contribution is 2.24. The van der Waals surface area contributed by atoms with Crippen LogP contribution >= 0.6 is 0 Å². The van der Waals surface area contributed by atoms with Crippen LogP contribution in [0.5, 0.6) is 0 Å². The number of carbonyl (C=O) groups is 1. The Morgan fingerprint density at radius 1 is 1.03 bits per heavy atom. The van der Waals surface area contributed by atoms with Crippen molar-refractivity contribution in [3.63, 3.8) is 0 Å². The average Bonchev–Trinajstić information content (AvgIpc) is 2.82. The lowest BCUT2D eigenvalue weighted by Gasteiger charge is -2.11. The molecular formula is C30H40F2N2O2. The molecule has 0 spiro atoms. The Morgan fingerprint density at radius 3 is 2.00 bits per heavy atom. The quantitative estimate of drug-likeness (QED) is 0.306. The Labute approximate surface area is 215 Å². The molecule has 0 radical (unpaired) electrons. The first kappa shape index (κ1) is 32.5. The van der Waals surface area contributed by atoms with Crippen molar-refractivity contribution in [3.8, 4) is 0 Å². The van der Waals surface area contributed by atoms with Gasteiger partial charge in [-0.05, 0) is 75.3 Å². The second-order valence-corrected chi connectivity index (χ2v) is 8.08. The molecule has 0 aliphatic heterocycles. The first-order valence-electron chi connectivity index (χ1n) is 12.1. The summed E-state index contributed by atoms with van der Waals surface area (Å²) in [6.07, 6.45) is 9.09. The number of rotatable bonds is 7. The number of anilines is 1. The summed E-state index contributed by atoms with van der Waals surface area (Å²) in [4.78, 5) is 16.6. The van der Waals surface area contributed by atoms with E-state index in [2.05, 4.69) is 44.6 Å².